The van der Waals surface area contributed by atoms with Crippen molar-refractivity contribution < 1.29 is 26.9 Å². The highest BCUT2D eigenvalue weighted by atomic mass is 19.4. The number of alkyl halides is 3. The number of carbonyl (C=O) groups excluding carboxylic acids is 1. The number of furan rings is 1. The number of aromatic nitrogens is 3. The molecule has 0 aliphatic carbocycles. The Balaban J connectivity index is 1.65. The Morgan fingerprint density at radius 2 is 2.08 bits per heavy atom. The zero-order chi connectivity index (χ0) is 18.9. The number of hydrogen-bond acceptors (Lipinski definition) is 5. The van der Waals surface area contributed by atoms with Crippen LogP contribution in [0.15, 0.2) is 33.5 Å². The Morgan fingerprint density at radius 1 is 1.31 bits per heavy atom. The quantitative estimate of drug-likeness (QED) is 0.745. The number of hydrogen-bond donors (Lipinski definition) is 1. The van der Waals surface area contributed by atoms with Crippen molar-refractivity contribution >= 4 is 11.6 Å². The third kappa shape index (κ3) is 4.13. The number of rotatable bonds is 5. The Bertz CT molecular complexity index is 904. The van der Waals surface area contributed by atoms with E-state index in [-0.39, 0.29) is 11.4 Å². The van der Waals surface area contributed by atoms with Crippen LogP contribution in [-0.4, -0.2) is 27.0 Å². The van der Waals surface area contributed by atoms with E-state index in [2.05, 4.69) is 15.6 Å². The van der Waals surface area contributed by atoms with Gasteiger partial charge in [-0.3, -0.25) is 9.48 Å². The van der Waals surface area contributed by atoms with E-state index >= 15 is 0 Å². The SMILES string of the molecule is Cc1noc(C)c1Cc1ccc(C(=O)Nc2cnn(CC(F)(F)F)c2)o1. The number of amides is 1. The van der Waals surface area contributed by atoms with Crippen molar-refractivity contribution in [3.05, 3.63) is 53.1 Å². The Morgan fingerprint density at radius 3 is 2.73 bits per heavy atom. The van der Waals surface area contributed by atoms with Crippen molar-refractivity contribution in [2.45, 2.75) is 33.0 Å². The van der Waals surface area contributed by atoms with Crippen LogP contribution >= 0.6 is 0 Å². The first kappa shape index (κ1) is 17.8. The monoisotopic (exact) mass is 368 g/mol. The third-order valence-corrected chi connectivity index (χ3v) is 3.65. The first-order valence-electron chi connectivity index (χ1n) is 7.62. The van der Waals surface area contributed by atoms with E-state index in [1.54, 1.807) is 19.9 Å². The fourth-order valence-corrected chi connectivity index (χ4v) is 2.41. The van der Waals surface area contributed by atoms with E-state index in [1.165, 1.54) is 6.07 Å². The van der Waals surface area contributed by atoms with E-state index in [4.69, 9.17) is 8.94 Å². The lowest BCUT2D eigenvalue weighted by atomic mass is 10.1. The molecule has 10 heteroatoms. The molecule has 0 aromatic carbocycles. The molecule has 7 nitrogen and oxygen atoms in total. The van der Waals surface area contributed by atoms with Gasteiger partial charge in [0.25, 0.3) is 5.91 Å². The largest absolute Gasteiger partial charge is 0.456 e. The van der Waals surface area contributed by atoms with E-state index < -0.39 is 18.6 Å². The van der Waals surface area contributed by atoms with Gasteiger partial charge in [0.15, 0.2) is 5.76 Å². The van der Waals surface area contributed by atoms with Gasteiger partial charge in [-0.2, -0.15) is 18.3 Å². The molecule has 0 aliphatic rings. The summed E-state index contributed by atoms with van der Waals surface area (Å²) in [6, 6.07) is 3.14. The molecule has 0 saturated carbocycles. The highest BCUT2D eigenvalue weighted by molar-refractivity contribution is 6.02. The van der Waals surface area contributed by atoms with Gasteiger partial charge in [0.1, 0.15) is 18.1 Å². The Kier molecular flexibility index (Phi) is 4.58. The molecule has 3 aromatic rings. The van der Waals surface area contributed by atoms with Gasteiger partial charge in [-0.05, 0) is 26.0 Å². The van der Waals surface area contributed by atoms with Crippen molar-refractivity contribution in [2.24, 2.45) is 0 Å². The molecule has 3 heterocycles. The summed E-state index contributed by atoms with van der Waals surface area (Å²) in [4.78, 5) is 12.2. The topological polar surface area (TPSA) is 86.1 Å². The molecule has 0 bridgehead atoms. The van der Waals surface area contributed by atoms with Gasteiger partial charge in [-0.25, -0.2) is 0 Å². The van der Waals surface area contributed by atoms with Crippen LogP contribution in [0, 0.1) is 13.8 Å². The summed E-state index contributed by atoms with van der Waals surface area (Å²) >= 11 is 0. The summed E-state index contributed by atoms with van der Waals surface area (Å²) < 4.78 is 48.2. The average Bonchev–Trinajstić information content (AvgIpc) is 3.24. The summed E-state index contributed by atoms with van der Waals surface area (Å²) in [5.41, 5.74) is 1.75. The fraction of sp³-hybridized carbons (Fsp3) is 0.312. The molecular weight excluding hydrogens is 353 g/mol. The average molecular weight is 368 g/mol. The van der Waals surface area contributed by atoms with Gasteiger partial charge < -0.3 is 14.3 Å². The zero-order valence-electron chi connectivity index (χ0n) is 13.9. The molecule has 0 radical (unpaired) electrons. The van der Waals surface area contributed by atoms with Crippen molar-refractivity contribution in [3.63, 3.8) is 0 Å². The predicted octanol–water partition coefficient (Wildman–Crippen LogP) is 3.49. The smallest absolute Gasteiger partial charge is 0.408 e. The lowest BCUT2D eigenvalue weighted by Crippen LogP contribution is -2.17. The second-order valence-corrected chi connectivity index (χ2v) is 5.74. The number of nitrogens with zero attached hydrogens (tertiary/aromatic N) is 3. The maximum absolute atomic E-state index is 12.3. The maximum atomic E-state index is 12.3. The molecule has 138 valence electrons. The number of anilines is 1. The van der Waals surface area contributed by atoms with E-state index in [9.17, 15) is 18.0 Å². The normalized spacial score (nSPS) is 11.7. The van der Waals surface area contributed by atoms with Crippen molar-refractivity contribution in [1.82, 2.24) is 14.9 Å². The van der Waals surface area contributed by atoms with Gasteiger partial charge in [0.2, 0.25) is 0 Å². The minimum atomic E-state index is -4.39. The fourth-order valence-electron chi connectivity index (χ4n) is 2.41. The van der Waals surface area contributed by atoms with Crippen molar-refractivity contribution in [3.8, 4) is 0 Å². The number of halogens is 3. The first-order valence-corrected chi connectivity index (χ1v) is 7.62. The maximum Gasteiger partial charge on any atom is 0.408 e. The molecule has 0 fully saturated rings. The summed E-state index contributed by atoms with van der Waals surface area (Å²) in [7, 11) is 0. The number of nitrogens with one attached hydrogen (secondary N) is 1. The highest BCUT2D eigenvalue weighted by Crippen LogP contribution is 2.21. The molecule has 0 saturated heterocycles. The molecular formula is C16H15F3N4O3. The number of carbonyl (C=O) groups is 1. The lowest BCUT2D eigenvalue weighted by Gasteiger charge is -2.05. The predicted molar refractivity (Wildman–Crippen MR) is 83.7 cm³/mol. The van der Waals surface area contributed by atoms with Crippen LogP contribution < -0.4 is 5.32 Å². The summed E-state index contributed by atoms with van der Waals surface area (Å²) in [6.07, 6.45) is -1.74. The van der Waals surface area contributed by atoms with Crippen molar-refractivity contribution in [2.75, 3.05) is 5.32 Å². The van der Waals surface area contributed by atoms with Crippen molar-refractivity contribution in [1.29, 1.82) is 0 Å². The highest BCUT2D eigenvalue weighted by Gasteiger charge is 2.28. The van der Waals surface area contributed by atoms with Gasteiger partial charge in [-0.1, -0.05) is 5.16 Å². The molecule has 0 atom stereocenters. The zero-order valence-corrected chi connectivity index (χ0v) is 13.9. The van der Waals surface area contributed by atoms with Crippen LogP contribution in [0.3, 0.4) is 0 Å². The minimum Gasteiger partial charge on any atom is -0.456 e. The third-order valence-electron chi connectivity index (χ3n) is 3.65. The summed E-state index contributed by atoms with van der Waals surface area (Å²) in [5.74, 6) is 0.663. The van der Waals surface area contributed by atoms with Crippen LogP contribution in [0.2, 0.25) is 0 Å². The van der Waals surface area contributed by atoms with E-state index in [0.29, 0.717) is 22.6 Å². The lowest BCUT2D eigenvalue weighted by molar-refractivity contribution is -0.142. The first-order chi connectivity index (χ1) is 12.2. The standard InChI is InChI=1S/C16H15F3N4O3/c1-9-13(10(2)26-22-9)5-12-3-4-14(25-12)15(24)21-11-6-20-23(7-11)8-16(17,18)19/h3-4,6-7H,5,8H2,1-2H3,(H,21,24). The molecule has 3 aromatic heterocycles. The second kappa shape index (κ2) is 6.70. The molecule has 0 spiro atoms. The Hall–Kier alpha value is -3.04. The minimum absolute atomic E-state index is 0.0373. The van der Waals surface area contributed by atoms with Crippen LogP contribution in [0.1, 0.15) is 33.3 Å². The molecule has 1 amide bonds. The molecule has 26 heavy (non-hydrogen) atoms. The molecule has 3 rings (SSSR count). The number of aryl methyl sites for hydroxylation is 2. The molecule has 0 unspecified atom stereocenters. The Labute approximate surface area is 145 Å². The van der Waals surface area contributed by atoms with Gasteiger partial charge in [0.05, 0.1) is 17.6 Å². The van der Waals surface area contributed by atoms with Crippen LogP contribution in [0.25, 0.3) is 0 Å². The molecule has 1 N–H and O–H groups in total. The van der Waals surface area contributed by atoms with Gasteiger partial charge >= 0.3 is 6.18 Å². The molecule has 0 aliphatic heterocycles. The second-order valence-electron chi connectivity index (χ2n) is 5.74. The van der Waals surface area contributed by atoms with E-state index in [1.807, 2.05) is 0 Å². The van der Waals surface area contributed by atoms with Gasteiger partial charge in [-0.15, -0.1) is 0 Å². The van der Waals surface area contributed by atoms with Crippen LogP contribution in [-0.2, 0) is 13.0 Å². The van der Waals surface area contributed by atoms with E-state index in [0.717, 1.165) is 23.7 Å². The summed E-state index contributed by atoms with van der Waals surface area (Å²) in [5, 5.41) is 9.85. The van der Waals surface area contributed by atoms with Crippen LogP contribution in [0.5, 0.6) is 0 Å². The van der Waals surface area contributed by atoms with Gasteiger partial charge in [0, 0.05) is 18.2 Å². The van der Waals surface area contributed by atoms with Crippen LogP contribution in [0.4, 0.5) is 18.9 Å². The summed E-state index contributed by atoms with van der Waals surface area (Å²) in [6.45, 7) is 2.36.